The smallest absolute Gasteiger partial charge is 0.258 e. The fraction of sp³-hybridized carbons (Fsp3) is 0. The Balaban J connectivity index is 2.85. The van der Waals surface area contributed by atoms with Gasteiger partial charge in [-0.3, -0.25) is 10.1 Å². The third-order valence-corrected chi connectivity index (χ3v) is 1.84. The maximum Gasteiger partial charge on any atom is 0.297 e. The van der Waals surface area contributed by atoms with E-state index in [0.29, 0.717) is 5.39 Å². The minimum Gasteiger partial charge on any atom is -0.258 e. The fourth-order valence-electron chi connectivity index (χ4n) is 1.27. The average Bonchev–Trinajstić information content (AvgIpc) is 2.45. The van der Waals surface area contributed by atoms with E-state index in [0.717, 1.165) is 6.20 Å². The molecule has 0 unspecified atom stereocenters. The summed E-state index contributed by atoms with van der Waals surface area (Å²) in [5, 5.41) is 10.8. The first-order valence-electron chi connectivity index (χ1n) is 3.61. The Labute approximate surface area is 72.3 Å². The summed E-state index contributed by atoms with van der Waals surface area (Å²) >= 11 is 0. The van der Waals surface area contributed by atoms with Gasteiger partial charge in [-0.2, -0.15) is 4.79 Å². The van der Waals surface area contributed by atoms with Crippen LogP contribution in [0, 0.1) is 10.1 Å². The van der Waals surface area contributed by atoms with E-state index in [4.69, 9.17) is 0 Å². The second kappa shape index (κ2) is 2.55. The van der Waals surface area contributed by atoms with Gasteiger partial charge in [-0.1, -0.05) is 16.6 Å². The van der Waals surface area contributed by atoms with Crippen LogP contribution < -0.4 is 0 Å². The fourth-order valence-corrected chi connectivity index (χ4v) is 1.27. The highest BCUT2D eigenvalue weighted by Crippen LogP contribution is 2.27. The quantitative estimate of drug-likeness (QED) is 0.499. The molecule has 5 heteroatoms. The molecule has 4 nitrogen and oxygen atoms in total. The van der Waals surface area contributed by atoms with Gasteiger partial charge in [0.05, 0.1) is 15.8 Å². The Morgan fingerprint density at radius 3 is 2.77 bits per heavy atom. The van der Waals surface area contributed by atoms with Gasteiger partial charge < -0.3 is 0 Å². The lowest BCUT2D eigenvalue weighted by molar-refractivity contribution is -0.383. The topological polar surface area (TPSA) is 48.1 Å². The van der Waals surface area contributed by atoms with E-state index in [-0.39, 0.29) is 16.0 Å². The standard InChI is InChI=1S/C8H5FN2O2/c9-10-5-8(11(12)13)6-3-1-2-4-7(6)10/h1-5H. The van der Waals surface area contributed by atoms with Crippen molar-refractivity contribution in [2.75, 3.05) is 0 Å². The van der Waals surface area contributed by atoms with Crippen molar-refractivity contribution in [3.8, 4) is 0 Å². The molecule has 2 aromatic rings. The predicted octanol–water partition coefficient (Wildman–Crippen LogP) is 2.28. The molecule has 2 rings (SSSR count). The Hall–Kier alpha value is -1.91. The molecule has 0 saturated heterocycles. The average molecular weight is 180 g/mol. The van der Waals surface area contributed by atoms with Crippen LogP contribution in [-0.4, -0.2) is 9.71 Å². The molecule has 66 valence electrons. The Morgan fingerprint density at radius 2 is 2.08 bits per heavy atom. The van der Waals surface area contributed by atoms with Gasteiger partial charge in [0.1, 0.15) is 6.20 Å². The zero-order chi connectivity index (χ0) is 9.42. The molecule has 0 N–H and O–H groups in total. The number of aromatic nitrogens is 1. The first-order chi connectivity index (χ1) is 6.20. The van der Waals surface area contributed by atoms with Crippen molar-refractivity contribution in [1.29, 1.82) is 0 Å². The summed E-state index contributed by atoms with van der Waals surface area (Å²) in [6.45, 7) is 0. The van der Waals surface area contributed by atoms with Crippen LogP contribution in [-0.2, 0) is 0 Å². The normalized spacial score (nSPS) is 10.5. The van der Waals surface area contributed by atoms with Gasteiger partial charge >= 0.3 is 0 Å². The largest absolute Gasteiger partial charge is 0.297 e. The van der Waals surface area contributed by atoms with Crippen molar-refractivity contribution < 1.29 is 9.40 Å². The van der Waals surface area contributed by atoms with E-state index >= 15 is 0 Å². The molecule has 1 heterocycles. The molecule has 0 spiro atoms. The maximum absolute atomic E-state index is 13.0. The number of hydrogen-bond donors (Lipinski definition) is 0. The summed E-state index contributed by atoms with van der Waals surface area (Å²) in [4.78, 5) is 10.1. The molecular formula is C8H5FN2O2. The summed E-state index contributed by atoms with van der Waals surface area (Å²) in [6, 6.07) is 6.27. The van der Waals surface area contributed by atoms with Gasteiger partial charge in [-0.25, -0.2) is 0 Å². The van der Waals surface area contributed by atoms with Crippen molar-refractivity contribution in [3.63, 3.8) is 0 Å². The van der Waals surface area contributed by atoms with Crippen LogP contribution in [0.2, 0.25) is 0 Å². The molecule has 0 radical (unpaired) electrons. The number of nitrogens with zero attached hydrogens (tertiary/aromatic N) is 2. The molecule has 0 amide bonds. The van der Waals surface area contributed by atoms with E-state index in [2.05, 4.69) is 0 Å². The van der Waals surface area contributed by atoms with Crippen LogP contribution in [0.5, 0.6) is 0 Å². The van der Waals surface area contributed by atoms with Crippen LogP contribution in [0.1, 0.15) is 0 Å². The third kappa shape index (κ3) is 1.05. The Kier molecular flexibility index (Phi) is 1.51. The Morgan fingerprint density at radius 1 is 1.38 bits per heavy atom. The minimum atomic E-state index is -0.599. The SMILES string of the molecule is O=[N+]([O-])c1cn(F)c2ccccc12. The highest BCUT2D eigenvalue weighted by molar-refractivity contribution is 5.89. The summed E-state index contributed by atoms with van der Waals surface area (Å²) in [7, 11) is 0. The Bertz CT molecular complexity index is 478. The number of rotatable bonds is 1. The number of benzene rings is 1. The lowest BCUT2D eigenvalue weighted by atomic mass is 10.2. The highest BCUT2D eigenvalue weighted by atomic mass is 19.2. The molecule has 0 fully saturated rings. The molecule has 0 atom stereocenters. The summed E-state index contributed by atoms with van der Waals surface area (Å²) in [5.41, 5.74) is 0.00676. The van der Waals surface area contributed by atoms with Crippen molar-refractivity contribution in [2.24, 2.45) is 0 Å². The van der Waals surface area contributed by atoms with Crippen molar-refractivity contribution >= 4 is 16.6 Å². The second-order valence-corrected chi connectivity index (χ2v) is 2.60. The molecular weight excluding hydrogens is 175 g/mol. The third-order valence-electron chi connectivity index (χ3n) is 1.84. The van der Waals surface area contributed by atoms with Gasteiger partial charge in [0.15, 0.2) is 0 Å². The van der Waals surface area contributed by atoms with Gasteiger partial charge in [0.25, 0.3) is 5.69 Å². The molecule has 1 aromatic heterocycles. The molecule has 0 aliphatic heterocycles. The molecule has 1 aromatic carbocycles. The van der Waals surface area contributed by atoms with Crippen LogP contribution >= 0.6 is 0 Å². The van der Waals surface area contributed by atoms with Gasteiger partial charge in [-0.05, 0) is 12.1 Å². The van der Waals surface area contributed by atoms with E-state index in [1.165, 1.54) is 12.1 Å². The van der Waals surface area contributed by atoms with Gasteiger partial charge in [-0.15, -0.1) is 0 Å². The van der Waals surface area contributed by atoms with Crippen LogP contribution in [0.15, 0.2) is 30.5 Å². The zero-order valence-corrected chi connectivity index (χ0v) is 6.48. The van der Waals surface area contributed by atoms with E-state index < -0.39 is 4.92 Å². The van der Waals surface area contributed by atoms with E-state index in [1.54, 1.807) is 12.1 Å². The molecule has 0 saturated carbocycles. The monoisotopic (exact) mass is 180 g/mol. The molecule has 13 heavy (non-hydrogen) atoms. The van der Waals surface area contributed by atoms with Crippen molar-refractivity contribution in [3.05, 3.63) is 40.6 Å². The van der Waals surface area contributed by atoms with E-state index in [9.17, 15) is 14.6 Å². The summed E-state index contributed by atoms with van der Waals surface area (Å²) in [6.07, 6.45) is 0.866. The van der Waals surface area contributed by atoms with Crippen LogP contribution in [0.25, 0.3) is 10.9 Å². The molecule has 0 aliphatic carbocycles. The number of hydrogen-bond acceptors (Lipinski definition) is 2. The van der Waals surface area contributed by atoms with Crippen LogP contribution in [0.4, 0.5) is 10.2 Å². The van der Waals surface area contributed by atoms with Gasteiger partial charge in [0, 0.05) is 0 Å². The predicted molar refractivity (Wildman–Crippen MR) is 45.1 cm³/mol. The first-order valence-corrected chi connectivity index (χ1v) is 3.61. The number of para-hydroxylation sites is 1. The summed E-state index contributed by atoms with van der Waals surface area (Å²) in [5.74, 6) is 0. The maximum atomic E-state index is 13.0. The number of fused-ring (bicyclic) bond motifs is 1. The van der Waals surface area contributed by atoms with Gasteiger partial charge in [0.2, 0.25) is 0 Å². The van der Waals surface area contributed by atoms with Crippen LogP contribution in [0.3, 0.4) is 0 Å². The summed E-state index contributed by atoms with van der Waals surface area (Å²) < 4.78 is 13.0. The first kappa shape index (κ1) is 7.72. The lowest BCUT2D eigenvalue weighted by Gasteiger charge is -1.88. The second-order valence-electron chi connectivity index (χ2n) is 2.60. The van der Waals surface area contributed by atoms with Crippen molar-refractivity contribution in [2.45, 2.75) is 0 Å². The highest BCUT2D eigenvalue weighted by Gasteiger charge is 2.16. The van der Waals surface area contributed by atoms with E-state index in [1.807, 2.05) is 0 Å². The molecule has 0 bridgehead atoms. The van der Waals surface area contributed by atoms with Crippen molar-refractivity contribution in [1.82, 2.24) is 4.79 Å². The number of nitro groups is 1. The molecule has 0 aliphatic rings. The minimum absolute atomic E-state index is 0.210. The number of halogens is 1. The zero-order valence-electron chi connectivity index (χ0n) is 6.48. The lowest BCUT2D eigenvalue weighted by Crippen LogP contribution is -1.84.